The van der Waals surface area contributed by atoms with Crippen LogP contribution < -0.4 is 10.3 Å². The summed E-state index contributed by atoms with van der Waals surface area (Å²) in [6.07, 6.45) is 0.683. The maximum atomic E-state index is 13.3. The van der Waals surface area contributed by atoms with Gasteiger partial charge in [0.25, 0.3) is 5.56 Å². The number of rotatable bonds is 7. The lowest BCUT2D eigenvalue weighted by molar-refractivity contribution is 0.340. The Kier molecular flexibility index (Phi) is 5.62. The van der Waals surface area contributed by atoms with Crippen molar-refractivity contribution in [3.05, 3.63) is 70.6 Å². The quantitative estimate of drug-likeness (QED) is 0.337. The molecule has 0 amide bonds. The molecule has 0 bridgehead atoms. The van der Waals surface area contributed by atoms with Gasteiger partial charge in [-0.05, 0) is 43.3 Å². The number of hydrogen-bond acceptors (Lipinski definition) is 7. The van der Waals surface area contributed by atoms with Crippen LogP contribution in [-0.2, 0) is 12.2 Å². The fourth-order valence-corrected chi connectivity index (χ4v) is 3.77. The molecule has 2 aromatic heterocycles. The Morgan fingerprint density at radius 3 is 2.59 bits per heavy atom. The van der Waals surface area contributed by atoms with E-state index < -0.39 is 0 Å². The van der Waals surface area contributed by atoms with Crippen molar-refractivity contribution >= 4 is 22.7 Å². The largest absolute Gasteiger partial charge is 0.494 e. The second kappa shape index (κ2) is 8.48. The molecule has 0 unspecified atom stereocenters. The maximum Gasteiger partial charge on any atom is 0.266 e. The minimum Gasteiger partial charge on any atom is -0.494 e. The summed E-state index contributed by atoms with van der Waals surface area (Å²) < 4.78 is 12.3. The summed E-state index contributed by atoms with van der Waals surface area (Å²) in [5, 5.41) is 5.12. The Bertz CT molecular complexity index is 1180. The van der Waals surface area contributed by atoms with Crippen molar-refractivity contribution in [2.45, 2.75) is 31.2 Å². The van der Waals surface area contributed by atoms with Crippen LogP contribution in [0, 0.1) is 0 Å². The molecule has 2 heterocycles. The highest BCUT2D eigenvalue weighted by Crippen LogP contribution is 2.25. The van der Waals surface area contributed by atoms with Crippen molar-refractivity contribution in [2.75, 3.05) is 6.61 Å². The minimum absolute atomic E-state index is 0.121. The zero-order valence-electron chi connectivity index (χ0n) is 16.2. The molecule has 0 aliphatic carbocycles. The predicted octanol–water partition coefficient (Wildman–Crippen LogP) is 4.02. The van der Waals surface area contributed by atoms with E-state index in [0.29, 0.717) is 46.6 Å². The number of hydrogen-bond donors (Lipinski definition) is 0. The Labute approximate surface area is 171 Å². The van der Waals surface area contributed by atoms with E-state index in [1.54, 1.807) is 10.6 Å². The molecular weight excluding hydrogens is 388 g/mol. The van der Waals surface area contributed by atoms with Gasteiger partial charge in [0.2, 0.25) is 5.89 Å². The van der Waals surface area contributed by atoms with E-state index in [1.807, 2.05) is 56.3 Å². The van der Waals surface area contributed by atoms with E-state index in [-0.39, 0.29) is 5.56 Å². The fraction of sp³-hybridized carbons (Fsp3) is 0.238. The number of fused-ring (bicyclic) bond motifs is 1. The van der Waals surface area contributed by atoms with Gasteiger partial charge in [-0.1, -0.05) is 36.0 Å². The van der Waals surface area contributed by atoms with Crippen LogP contribution in [-0.4, -0.2) is 26.3 Å². The average molecular weight is 408 g/mol. The van der Waals surface area contributed by atoms with Crippen LogP contribution >= 0.6 is 11.8 Å². The smallest absolute Gasteiger partial charge is 0.266 e. The molecule has 0 fully saturated rings. The number of benzene rings is 2. The number of thioether (sulfide) groups is 1. The summed E-state index contributed by atoms with van der Waals surface area (Å²) in [5.41, 5.74) is 1.26. The van der Waals surface area contributed by atoms with Gasteiger partial charge < -0.3 is 9.26 Å². The average Bonchev–Trinajstić information content (AvgIpc) is 3.22. The first kappa shape index (κ1) is 19.2. The van der Waals surface area contributed by atoms with Crippen molar-refractivity contribution in [3.8, 4) is 11.4 Å². The standard InChI is InChI=1S/C21H20N4O3S/c1-3-19-23-18(24-28-19)13-29-21-22-17-8-6-5-7-16(17)20(26)25(21)14-9-11-15(12-10-14)27-4-2/h5-12H,3-4,13H2,1-2H3. The van der Waals surface area contributed by atoms with Crippen LogP contribution in [0.3, 0.4) is 0 Å². The highest BCUT2D eigenvalue weighted by Gasteiger charge is 2.15. The van der Waals surface area contributed by atoms with E-state index in [0.717, 1.165) is 11.4 Å². The van der Waals surface area contributed by atoms with Crippen molar-refractivity contribution < 1.29 is 9.26 Å². The second-order valence-electron chi connectivity index (χ2n) is 6.23. The van der Waals surface area contributed by atoms with Gasteiger partial charge in [0.15, 0.2) is 11.0 Å². The van der Waals surface area contributed by atoms with Crippen LogP contribution in [0.15, 0.2) is 63.0 Å². The molecule has 0 spiro atoms. The number of aryl methyl sites for hydroxylation is 1. The summed E-state index contributed by atoms with van der Waals surface area (Å²) in [5.74, 6) is 2.38. The summed E-state index contributed by atoms with van der Waals surface area (Å²) in [6.45, 7) is 4.48. The van der Waals surface area contributed by atoms with E-state index in [1.165, 1.54) is 11.8 Å². The van der Waals surface area contributed by atoms with E-state index in [9.17, 15) is 4.79 Å². The van der Waals surface area contributed by atoms with Crippen LogP contribution in [0.4, 0.5) is 0 Å². The summed E-state index contributed by atoms with van der Waals surface area (Å²) >= 11 is 1.40. The highest BCUT2D eigenvalue weighted by atomic mass is 32.2. The molecule has 2 aromatic carbocycles. The topological polar surface area (TPSA) is 83.0 Å². The van der Waals surface area contributed by atoms with Gasteiger partial charge in [-0.15, -0.1) is 0 Å². The highest BCUT2D eigenvalue weighted by molar-refractivity contribution is 7.98. The van der Waals surface area contributed by atoms with Crippen molar-refractivity contribution in [1.82, 2.24) is 19.7 Å². The van der Waals surface area contributed by atoms with Crippen LogP contribution in [0.2, 0.25) is 0 Å². The lowest BCUT2D eigenvalue weighted by Crippen LogP contribution is -2.21. The van der Waals surface area contributed by atoms with Crippen molar-refractivity contribution in [3.63, 3.8) is 0 Å². The van der Waals surface area contributed by atoms with Gasteiger partial charge in [0.1, 0.15) is 5.75 Å². The van der Waals surface area contributed by atoms with Gasteiger partial charge in [0, 0.05) is 6.42 Å². The molecule has 8 heteroatoms. The lowest BCUT2D eigenvalue weighted by atomic mass is 10.2. The normalized spacial score (nSPS) is 11.1. The molecule has 0 N–H and O–H groups in total. The molecule has 0 radical (unpaired) electrons. The van der Waals surface area contributed by atoms with E-state index in [4.69, 9.17) is 14.2 Å². The first-order valence-corrected chi connectivity index (χ1v) is 10.4. The van der Waals surface area contributed by atoms with Crippen LogP contribution in [0.1, 0.15) is 25.6 Å². The van der Waals surface area contributed by atoms with Gasteiger partial charge in [0.05, 0.1) is 29.0 Å². The predicted molar refractivity (Wildman–Crippen MR) is 112 cm³/mol. The number of nitrogens with zero attached hydrogens (tertiary/aromatic N) is 4. The van der Waals surface area contributed by atoms with Crippen molar-refractivity contribution in [2.24, 2.45) is 0 Å². The number of ether oxygens (including phenoxy) is 1. The monoisotopic (exact) mass is 408 g/mol. The van der Waals surface area contributed by atoms with Gasteiger partial charge in [-0.2, -0.15) is 4.98 Å². The van der Waals surface area contributed by atoms with Crippen LogP contribution in [0.5, 0.6) is 5.75 Å². The van der Waals surface area contributed by atoms with Gasteiger partial charge >= 0.3 is 0 Å². The number of para-hydroxylation sites is 1. The Morgan fingerprint density at radius 1 is 1.07 bits per heavy atom. The SMILES string of the molecule is CCOc1ccc(-n2c(SCc3noc(CC)n3)nc3ccccc3c2=O)cc1. The summed E-state index contributed by atoms with van der Waals surface area (Å²) in [4.78, 5) is 22.3. The van der Waals surface area contributed by atoms with Gasteiger partial charge in [-0.3, -0.25) is 9.36 Å². The Balaban J connectivity index is 1.76. The lowest BCUT2D eigenvalue weighted by Gasteiger charge is -2.13. The molecule has 0 aliphatic rings. The summed E-state index contributed by atoms with van der Waals surface area (Å²) in [6, 6.07) is 14.8. The first-order chi connectivity index (χ1) is 14.2. The molecule has 0 saturated carbocycles. The third-order valence-corrected chi connectivity index (χ3v) is 5.23. The zero-order chi connectivity index (χ0) is 20.2. The Morgan fingerprint density at radius 2 is 1.86 bits per heavy atom. The second-order valence-corrected chi connectivity index (χ2v) is 7.17. The van der Waals surface area contributed by atoms with E-state index in [2.05, 4.69) is 10.1 Å². The molecular formula is C21H20N4O3S. The molecule has 0 aliphatic heterocycles. The Hall–Kier alpha value is -3.13. The first-order valence-electron chi connectivity index (χ1n) is 9.39. The van der Waals surface area contributed by atoms with Gasteiger partial charge in [-0.25, -0.2) is 4.98 Å². The molecule has 4 rings (SSSR count). The molecule has 0 atom stereocenters. The van der Waals surface area contributed by atoms with Crippen LogP contribution in [0.25, 0.3) is 16.6 Å². The van der Waals surface area contributed by atoms with Crippen molar-refractivity contribution in [1.29, 1.82) is 0 Å². The summed E-state index contributed by atoms with van der Waals surface area (Å²) in [7, 11) is 0. The third-order valence-electron chi connectivity index (χ3n) is 4.29. The molecule has 148 valence electrons. The molecule has 0 saturated heterocycles. The fourth-order valence-electron chi connectivity index (χ4n) is 2.92. The maximum absolute atomic E-state index is 13.3. The minimum atomic E-state index is -0.121. The molecule has 4 aromatic rings. The number of aromatic nitrogens is 4. The van der Waals surface area contributed by atoms with E-state index >= 15 is 0 Å². The zero-order valence-corrected chi connectivity index (χ0v) is 17.0. The molecule has 29 heavy (non-hydrogen) atoms. The third kappa shape index (κ3) is 4.02. The molecule has 7 nitrogen and oxygen atoms in total.